The molecule has 126 valence electrons. The summed E-state index contributed by atoms with van der Waals surface area (Å²) < 4.78 is 0. The van der Waals surface area contributed by atoms with Crippen LogP contribution in [0.5, 0.6) is 0 Å². The average Bonchev–Trinajstić information content (AvgIpc) is 3.44. The number of carbonyl (C=O) groups is 1. The molecule has 0 radical (unpaired) electrons. The first kappa shape index (κ1) is 15.4. The van der Waals surface area contributed by atoms with Gasteiger partial charge in [0, 0.05) is 25.0 Å². The molecule has 24 heavy (non-hydrogen) atoms. The Labute approximate surface area is 142 Å². The van der Waals surface area contributed by atoms with Crippen LogP contribution in [0.25, 0.3) is 10.9 Å². The van der Waals surface area contributed by atoms with Crippen LogP contribution in [0.1, 0.15) is 31.2 Å². The summed E-state index contributed by atoms with van der Waals surface area (Å²) in [4.78, 5) is 23.7. The molecule has 5 nitrogen and oxygen atoms in total. The van der Waals surface area contributed by atoms with Crippen LogP contribution in [-0.4, -0.2) is 35.5 Å². The maximum absolute atomic E-state index is 12.5. The van der Waals surface area contributed by atoms with E-state index >= 15 is 0 Å². The first-order chi connectivity index (χ1) is 11.7. The molecule has 2 fully saturated rings. The maximum Gasteiger partial charge on any atom is 0.224 e. The number of aromatic nitrogens is 2. The highest BCUT2D eigenvalue weighted by Gasteiger charge is 2.29. The van der Waals surface area contributed by atoms with Crippen molar-refractivity contribution in [2.24, 2.45) is 11.8 Å². The molecule has 2 heterocycles. The van der Waals surface area contributed by atoms with Gasteiger partial charge in [-0.2, -0.15) is 0 Å². The Bertz CT molecular complexity index is 751. The Kier molecular flexibility index (Phi) is 4.08. The molecule has 1 amide bonds. The Morgan fingerprint density at radius 1 is 1.29 bits per heavy atom. The van der Waals surface area contributed by atoms with E-state index in [0.717, 1.165) is 55.1 Å². The molecule has 1 aromatic heterocycles. The number of benzene rings is 1. The molecule has 2 aliphatic rings. The quantitative estimate of drug-likeness (QED) is 0.939. The van der Waals surface area contributed by atoms with Crippen molar-refractivity contribution in [1.82, 2.24) is 15.3 Å². The molecule has 0 bridgehead atoms. The maximum atomic E-state index is 12.5. The lowest BCUT2D eigenvalue weighted by Crippen LogP contribution is -2.44. The van der Waals surface area contributed by atoms with E-state index in [0.29, 0.717) is 0 Å². The third-order valence-corrected chi connectivity index (χ3v) is 5.20. The van der Waals surface area contributed by atoms with Gasteiger partial charge in [-0.25, -0.2) is 9.97 Å². The molecule has 5 heteroatoms. The smallest absolute Gasteiger partial charge is 0.224 e. The fraction of sp³-hybridized carbons (Fsp3) is 0.526. The molecular formula is C19H24N4O. The van der Waals surface area contributed by atoms with Gasteiger partial charge in [-0.05, 0) is 50.2 Å². The number of amides is 1. The van der Waals surface area contributed by atoms with Crippen molar-refractivity contribution in [3.8, 4) is 0 Å². The van der Waals surface area contributed by atoms with Gasteiger partial charge in [0.15, 0.2) is 0 Å². The first-order valence-electron chi connectivity index (χ1n) is 8.95. The number of hydrogen-bond acceptors (Lipinski definition) is 4. The number of piperidine rings is 1. The summed E-state index contributed by atoms with van der Waals surface area (Å²) in [6.07, 6.45) is 6.16. The third kappa shape index (κ3) is 3.07. The third-order valence-electron chi connectivity index (χ3n) is 5.20. The number of carbonyl (C=O) groups excluding carboxylic acids is 1. The summed E-state index contributed by atoms with van der Waals surface area (Å²) >= 11 is 0. The predicted octanol–water partition coefficient (Wildman–Crippen LogP) is 2.68. The van der Waals surface area contributed by atoms with Gasteiger partial charge in [0.05, 0.1) is 11.4 Å². The zero-order valence-electron chi connectivity index (χ0n) is 14.2. The fourth-order valence-corrected chi connectivity index (χ4v) is 3.60. The van der Waals surface area contributed by atoms with E-state index in [-0.39, 0.29) is 11.8 Å². The summed E-state index contributed by atoms with van der Waals surface area (Å²) in [5.74, 6) is 1.97. The molecule has 1 aromatic carbocycles. The van der Waals surface area contributed by atoms with E-state index in [4.69, 9.17) is 0 Å². The molecule has 4 rings (SSSR count). The van der Waals surface area contributed by atoms with Gasteiger partial charge in [0.1, 0.15) is 12.1 Å². The highest BCUT2D eigenvalue weighted by atomic mass is 16.1. The van der Waals surface area contributed by atoms with Gasteiger partial charge in [0.25, 0.3) is 0 Å². The van der Waals surface area contributed by atoms with Gasteiger partial charge in [-0.3, -0.25) is 4.79 Å². The molecule has 2 aromatic rings. The van der Waals surface area contributed by atoms with Crippen LogP contribution in [0.4, 0.5) is 5.82 Å². The van der Waals surface area contributed by atoms with E-state index in [1.54, 1.807) is 6.33 Å². The minimum Gasteiger partial charge on any atom is -0.356 e. The van der Waals surface area contributed by atoms with E-state index in [1.807, 2.05) is 12.1 Å². The monoisotopic (exact) mass is 324 g/mol. The van der Waals surface area contributed by atoms with Crippen molar-refractivity contribution >= 4 is 22.6 Å². The lowest BCUT2D eigenvalue weighted by Gasteiger charge is -2.33. The van der Waals surface area contributed by atoms with Crippen LogP contribution >= 0.6 is 0 Å². The highest BCUT2D eigenvalue weighted by molar-refractivity contribution is 5.92. The average molecular weight is 324 g/mol. The Morgan fingerprint density at radius 2 is 2.17 bits per heavy atom. The zero-order chi connectivity index (χ0) is 16.5. The summed E-state index contributed by atoms with van der Waals surface area (Å²) in [5, 5.41) is 4.25. The molecule has 0 spiro atoms. The van der Waals surface area contributed by atoms with Crippen LogP contribution in [-0.2, 0) is 4.79 Å². The normalized spacial score (nSPS) is 21.0. The molecular weight excluding hydrogens is 300 g/mol. The van der Waals surface area contributed by atoms with Crippen molar-refractivity contribution in [3.63, 3.8) is 0 Å². The molecule has 1 aliphatic heterocycles. The summed E-state index contributed by atoms with van der Waals surface area (Å²) in [6, 6.07) is 6.15. The van der Waals surface area contributed by atoms with Gasteiger partial charge in [-0.15, -0.1) is 0 Å². The van der Waals surface area contributed by atoms with Crippen molar-refractivity contribution in [3.05, 3.63) is 30.1 Å². The minimum atomic E-state index is 0.0616. The van der Waals surface area contributed by atoms with Crippen LogP contribution in [0.3, 0.4) is 0 Å². The van der Waals surface area contributed by atoms with Gasteiger partial charge >= 0.3 is 0 Å². The van der Waals surface area contributed by atoms with Gasteiger partial charge in [-0.1, -0.05) is 12.1 Å². The molecule has 1 aliphatic carbocycles. The summed E-state index contributed by atoms with van der Waals surface area (Å²) in [7, 11) is 0. The van der Waals surface area contributed by atoms with Crippen LogP contribution in [0.2, 0.25) is 0 Å². The summed E-state index contributed by atoms with van der Waals surface area (Å²) in [5.41, 5.74) is 2.16. The number of nitrogens with zero attached hydrogens (tertiary/aromatic N) is 3. The van der Waals surface area contributed by atoms with E-state index in [1.165, 1.54) is 18.4 Å². The Hall–Kier alpha value is -2.17. The highest BCUT2D eigenvalue weighted by Crippen LogP contribution is 2.30. The van der Waals surface area contributed by atoms with Gasteiger partial charge in [0.2, 0.25) is 5.91 Å². The zero-order valence-corrected chi connectivity index (χ0v) is 14.2. The molecule has 1 atom stereocenters. The number of nitrogens with one attached hydrogen (secondary N) is 1. The van der Waals surface area contributed by atoms with Crippen LogP contribution in [0, 0.1) is 18.8 Å². The molecule has 1 saturated carbocycles. The number of fused-ring (bicyclic) bond motifs is 1. The fourth-order valence-electron chi connectivity index (χ4n) is 3.60. The van der Waals surface area contributed by atoms with Crippen molar-refractivity contribution in [2.75, 3.05) is 24.5 Å². The Morgan fingerprint density at radius 3 is 3.00 bits per heavy atom. The van der Waals surface area contributed by atoms with Crippen molar-refractivity contribution in [1.29, 1.82) is 0 Å². The SMILES string of the molecule is Cc1cccc2ncnc(N3CCC[C@H](C(=O)NCC4CC4)C3)c12. The second-order valence-electron chi connectivity index (χ2n) is 7.14. The predicted molar refractivity (Wildman–Crippen MR) is 94.9 cm³/mol. The lowest BCUT2D eigenvalue weighted by atomic mass is 9.96. The molecule has 1 N–H and O–H groups in total. The van der Waals surface area contributed by atoms with Gasteiger partial charge < -0.3 is 10.2 Å². The minimum absolute atomic E-state index is 0.0616. The van der Waals surface area contributed by atoms with Crippen molar-refractivity contribution in [2.45, 2.75) is 32.6 Å². The number of rotatable bonds is 4. The molecule has 1 saturated heterocycles. The van der Waals surface area contributed by atoms with Crippen molar-refractivity contribution < 1.29 is 4.79 Å². The second-order valence-corrected chi connectivity index (χ2v) is 7.14. The van der Waals surface area contributed by atoms with E-state index < -0.39 is 0 Å². The van der Waals surface area contributed by atoms with Crippen LogP contribution in [0.15, 0.2) is 24.5 Å². The first-order valence-corrected chi connectivity index (χ1v) is 8.95. The number of anilines is 1. The Balaban J connectivity index is 1.54. The topological polar surface area (TPSA) is 58.1 Å². The van der Waals surface area contributed by atoms with Crippen LogP contribution < -0.4 is 10.2 Å². The lowest BCUT2D eigenvalue weighted by molar-refractivity contribution is -0.125. The largest absolute Gasteiger partial charge is 0.356 e. The summed E-state index contributed by atoms with van der Waals surface area (Å²) in [6.45, 7) is 4.65. The number of aryl methyl sites for hydroxylation is 1. The number of hydrogen-bond donors (Lipinski definition) is 1. The van der Waals surface area contributed by atoms with E-state index in [9.17, 15) is 4.79 Å². The van der Waals surface area contributed by atoms with E-state index in [2.05, 4.69) is 33.2 Å². The standard InChI is InChI=1S/C19H24N4O/c1-13-4-2-6-16-17(13)18(22-12-21-16)23-9-3-5-15(11-23)19(24)20-10-14-7-8-14/h2,4,6,12,14-15H,3,5,7-11H2,1H3,(H,20,24)/t15-/m0/s1. The molecule has 0 unspecified atom stereocenters. The second kappa shape index (κ2) is 6.38.